The highest BCUT2D eigenvalue weighted by molar-refractivity contribution is 6.30. The molecule has 0 spiro atoms. The molecule has 0 saturated carbocycles. The number of halogens is 2. The molecule has 0 heterocycles. The molecule has 3 nitrogen and oxygen atoms in total. The second-order valence-corrected chi connectivity index (χ2v) is 3.08. The van der Waals surface area contributed by atoms with Gasteiger partial charge in [-0.05, 0) is 19.1 Å². The molecule has 0 saturated heterocycles. The van der Waals surface area contributed by atoms with E-state index in [1.807, 2.05) is 0 Å². The van der Waals surface area contributed by atoms with Crippen LogP contribution < -0.4 is 4.74 Å². The Hall–Kier alpha value is -1.29. The molecule has 14 heavy (non-hydrogen) atoms. The largest absolute Gasteiger partial charge is 0.479 e. The minimum Gasteiger partial charge on any atom is -0.479 e. The number of carbonyl (C=O) groups is 1. The van der Waals surface area contributed by atoms with Crippen molar-refractivity contribution in [2.45, 2.75) is 13.0 Å². The van der Waals surface area contributed by atoms with E-state index in [4.69, 9.17) is 21.4 Å². The van der Waals surface area contributed by atoms with Gasteiger partial charge < -0.3 is 9.84 Å². The fourth-order valence-electron chi connectivity index (χ4n) is 0.805. The first-order chi connectivity index (χ1) is 6.50. The fraction of sp³-hybridized carbons (Fsp3) is 0.222. The first-order valence-electron chi connectivity index (χ1n) is 3.85. The van der Waals surface area contributed by atoms with Crippen LogP contribution in [0.25, 0.3) is 0 Å². The van der Waals surface area contributed by atoms with E-state index in [0.29, 0.717) is 0 Å². The summed E-state index contributed by atoms with van der Waals surface area (Å²) in [6, 6.07) is 3.76. The standard InChI is InChI=1S/C9H8ClFO3/c1-5(9(12)13)14-6-2-3-7(10)8(11)4-6/h2-5H,1H3,(H,12,13)/t5-/m1/s1. The Labute approximate surface area is 85.1 Å². The SMILES string of the molecule is C[C@@H](Oc1ccc(Cl)c(F)c1)C(=O)O. The van der Waals surface area contributed by atoms with Crippen LogP contribution in [0.1, 0.15) is 6.92 Å². The highest BCUT2D eigenvalue weighted by atomic mass is 35.5. The molecule has 1 N–H and O–H groups in total. The van der Waals surface area contributed by atoms with Gasteiger partial charge in [-0.1, -0.05) is 11.6 Å². The van der Waals surface area contributed by atoms with E-state index >= 15 is 0 Å². The Morgan fingerprint density at radius 1 is 1.64 bits per heavy atom. The number of rotatable bonds is 3. The molecule has 5 heteroatoms. The maximum Gasteiger partial charge on any atom is 0.344 e. The Morgan fingerprint density at radius 2 is 2.29 bits per heavy atom. The number of ether oxygens (including phenoxy) is 1. The third-order valence-electron chi connectivity index (χ3n) is 1.55. The van der Waals surface area contributed by atoms with Crippen molar-refractivity contribution in [3.8, 4) is 5.75 Å². The first kappa shape index (κ1) is 10.8. The molecule has 0 aromatic heterocycles. The zero-order valence-corrected chi connectivity index (χ0v) is 8.08. The molecule has 0 aliphatic rings. The zero-order valence-electron chi connectivity index (χ0n) is 7.33. The van der Waals surface area contributed by atoms with Gasteiger partial charge in [-0.15, -0.1) is 0 Å². The molecule has 0 fully saturated rings. The lowest BCUT2D eigenvalue weighted by Gasteiger charge is -2.10. The molecular weight excluding hydrogens is 211 g/mol. The molecule has 0 aliphatic carbocycles. The fourth-order valence-corrected chi connectivity index (χ4v) is 0.922. The summed E-state index contributed by atoms with van der Waals surface area (Å²) in [5.74, 6) is -1.61. The van der Waals surface area contributed by atoms with Crippen LogP contribution >= 0.6 is 11.6 Å². The van der Waals surface area contributed by atoms with Gasteiger partial charge >= 0.3 is 5.97 Å². The highest BCUT2D eigenvalue weighted by Gasteiger charge is 2.13. The van der Waals surface area contributed by atoms with E-state index in [9.17, 15) is 9.18 Å². The lowest BCUT2D eigenvalue weighted by Crippen LogP contribution is -2.22. The molecule has 1 rings (SSSR count). The molecule has 1 atom stereocenters. The molecular formula is C9H8ClFO3. The van der Waals surface area contributed by atoms with Gasteiger partial charge in [-0.3, -0.25) is 0 Å². The summed E-state index contributed by atoms with van der Waals surface area (Å²) in [4.78, 5) is 10.4. The smallest absolute Gasteiger partial charge is 0.344 e. The van der Waals surface area contributed by atoms with E-state index in [2.05, 4.69) is 0 Å². The minimum atomic E-state index is -1.11. The predicted molar refractivity (Wildman–Crippen MR) is 49.1 cm³/mol. The van der Waals surface area contributed by atoms with Gasteiger partial charge in [0.25, 0.3) is 0 Å². The third-order valence-corrected chi connectivity index (χ3v) is 1.86. The maximum atomic E-state index is 12.9. The lowest BCUT2D eigenvalue weighted by molar-refractivity contribution is -0.144. The molecule has 0 unspecified atom stereocenters. The molecule has 0 radical (unpaired) electrons. The van der Waals surface area contributed by atoms with Crippen molar-refractivity contribution in [3.05, 3.63) is 29.0 Å². The molecule has 1 aromatic carbocycles. The van der Waals surface area contributed by atoms with Crippen LogP contribution in [0.4, 0.5) is 4.39 Å². The summed E-state index contributed by atoms with van der Waals surface area (Å²) in [7, 11) is 0. The summed E-state index contributed by atoms with van der Waals surface area (Å²) in [6.07, 6.45) is -1.02. The van der Waals surface area contributed by atoms with Crippen LogP contribution in [0.5, 0.6) is 5.75 Å². The van der Waals surface area contributed by atoms with Crippen LogP contribution in [0.3, 0.4) is 0 Å². The van der Waals surface area contributed by atoms with Gasteiger partial charge in [-0.2, -0.15) is 0 Å². The Morgan fingerprint density at radius 3 is 2.79 bits per heavy atom. The van der Waals surface area contributed by atoms with Crippen molar-refractivity contribution in [2.75, 3.05) is 0 Å². The van der Waals surface area contributed by atoms with E-state index in [1.54, 1.807) is 0 Å². The zero-order chi connectivity index (χ0) is 10.7. The van der Waals surface area contributed by atoms with Crippen molar-refractivity contribution < 1.29 is 19.0 Å². The number of hydrogen-bond acceptors (Lipinski definition) is 2. The van der Waals surface area contributed by atoms with E-state index in [-0.39, 0.29) is 10.8 Å². The average Bonchev–Trinajstić information content (AvgIpc) is 2.11. The highest BCUT2D eigenvalue weighted by Crippen LogP contribution is 2.21. The van der Waals surface area contributed by atoms with E-state index in [1.165, 1.54) is 19.1 Å². The Kier molecular flexibility index (Phi) is 3.30. The lowest BCUT2D eigenvalue weighted by atomic mass is 10.3. The molecule has 0 amide bonds. The number of carboxylic acids is 1. The van der Waals surface area contributed by atoms with Gasteiger partial charge in [0.15, 0.2) is 6.10 Å². The van der Waals surface area contributed by atoms with Crippen LogP contribution in [0.2, 0.25) is 5.02 Å². The van der Waals surface area contributed by atoms with Crippen LogP contribution in [0.15, 0.2) is 18.2 Å². The van der Waals surface area contributed by atoms with Crippen molar-refractivity contribution in [1.82, 2.24) is 0 Å². The normalized spacial score (nSPS) is 12.2. The monoisotopic (exact) mass is 218 g/mol. The van der Waals surface area contributed by atoms with Crippen molar-refractivity contribution >= 4 is 17.6 Å². The minimum absolute atomic E-state index is 0.0275. The third kappa shape index (κ3) is 2.60. The second kappa shape index (κ2) is 4.28. The van der Waals surface area contributed by atoms with Gasteiger partial charge in [-0.25, -0.2) is 9.18 Å². The van der Waals surface area contributed by atoms with Crippen LogP contribution in [-0.2, 0) is 4.79 Å². The van der Waals surface area contributed by atoms with Gasteiger partial charge in [0.05, 0.1) is 5.02 Å². The predicted octanol–water partition coefficient (Wildman–Crippen LogP) is 2.33. The second-order valence-electron chi connectivity index (χ2n) is 2.67. The Bertz CT molecular complexity index is 354. The van der Waals surface area contributed by atoms with Crippen molar-refractivity contribution in [1.29, 1.82) is 0 Å². The Balaban J connectivity index is 2.78. The number of hydrogen-bond donors (Lipinski definition) is 1. The average molecular weight is 219 g/mol. The molecule has 1 aromatic rings. The van der Waals surface area contributed by atoms with Gasteiger partial charge in [0, 0.05) is 6.07 Å². The summed E-state index contributed by atoms with van der Waals surface area (Å²) in [6.45, 7) is 1.36. The summed E-state index contributed by atoms with van der Waals surface area (Å²) < 4.78 is 17.8. The summed E-state index contributed by atoms with van der Waals surface area (Å²) in [5, 5.41) is 8.49. The molecule has 0 bridgehead atoms. The number of carboxylic acid groups (broad SMARTS) is 1. The maximum absolute atomic E-state index is 12.9. The molecule has 0 aliphatic heterocycles. The van der Waals surface area contributed by atoms with Crippen LogP contribution in [-0.4, -0.2) is 17.2 Å². The molecule has 76 valence electrons. The summed E-state index contributed by atoms with van der Waals surface area (Å²) in [5.41, 5.74) is 0. The topological polar surface area (TPSA) is 46.5 Å². The number of aliphatic carboxylic acids is 1. The van der Waals surface area contributed by atoms with Gasteiger partial charge in [0.2, 0.25) is 0 Å². The summed E-state index contributed by atoms with van der Waals surface area (Å²) >= 11 is 5.43. The van der Waals surface area contributed by atoms with E-state index < -0.39 is 17.9 Å². The van der Waals surface area contributed by atoms with Crippen LogP contribution in [0, 0.1) is 5.82 Å². The van der Waals surface area contributed by atoms with Crippen molar-refractivity contribution in [3.63, 3.8) is 0 Å². The van der Waals surface area contributed by atoms with E-state index in [0.717, 1.165) is 6.07 Å². The first-order valence-corrected chi connectivity index (χ1v) is 4.23. The van der Waals surface area contributed by atoms with Gasteiger partial charge in [0.1, 0.15) is 11.6 Å². The van der Waals surface area contributed by atoms with Crippen molar-refractivity contribution in [2.24, 2.45) is 0 Å². The number of benzene rings is 1. The quantitative estimate of drug-likeness (QED) is 0.847.